The van der Waals surface area contributed by atoms with Crippen LogP contribution in [0.5, 0.6) is 0 Å². The predicted molar refractivity (Wildman–Crippen MR) is 232 cm³/mol. The highest BCUT2D eigenvalue weighted by molar-refractivity contribution is 7.26. The van der Waals surface area contributed by atoms with Gasteiger partial charge in [-0.3, -0.25) is 0 Å². The molecule has 0 aliphatic heterocycles. The van der Waals surface area contributed by atoms with E-state index in [2.05, 4.69) is 133 Å². The fraction of sp³-hybridized carbons (Fsp3) is 0. The maximum atomic E-state index is 6.43. The Hall–Kier alpha value is -7.28. The molecule has 12 rings (SSSR count). The van der Waals surface area contributed by atoms with Crippen molar-refractivity contribution < 1.29 is 4.42 Å². The van der Waals surface area contributed by atoms with Crippen molar-refractivity contribution in [2.24, 2.45) is 0 Å². The van der Waals surface area contributed by atoms with Crippen LogP contribution in [0.4, 0.5) is 0 Å². The molecule has 0 unspecified atom stereocenters. The zero-order valence-electron chi connectivity index (χ0n) is 29.8. The first-order valence-corrected chi connectivity index (χ1v) is 19.5. The van der Waals surface area contributed by atoms with Gasteiger partial charge in [0.1, 0.15) is 11.2 Å². The number of para-hydroxylation sites is 1. The summed E-state index contributed by atoms with van der Waals surface area (Å²) in [5.74, 6) is 1.86. The molecule has 0 bridgehead atoms. The van der Waals surface area contributed by atoms with Crippen LogP contribution in [-0.4, -0.2) is 19.9 Å². The van der Waals surface area contributed by atoms with Crippen LogP contribution in [0.2, 0.25) is 0 Å². The number of fused-ring (bicyclic) bond motifs is 12. The molecule has 12 aromatic rings. The number of hydrogen-bond donors (Lipinski definition) is 0. The Bertz CT molecular complexity index is 3540. The maximum Gasteiger partial charge on any atom is 0.164 e. The molecule has 6 heteroatoms. The zero-order chi connectivity index (χ0) is 36.7. The van der Waals surface area contributed by atoms with Crippen molar-refractivity contribution in [3.8, 4) is 45.4 Å². The highest BCUT2D eigenvalue weighted by Crippen LogP contribution is 2.44. The molecule has 0 amide bonds. The SMILES string of the molecule is c1ccc(-c2nc(-c3ccc4nc(-c5ccccc5)c5ccc6oc7ccccc7c6c5c4c3)nc(-c3cccc4sc5c6ccccc6ccc5c34)n2)cc1. The van der Waals surface area contributed by atoms with Crippen LogP contribution >= 0.6 is 11.3 Å². The lowest BCUT2D eigenvalue weighted by atomic mass is 9.95. The number of rotatable bonds is 4. The van der Waals surface area contributed by atoms with Gasteiger partial charge in [0.25, 0.3) is 0 Å². The Morgan fingerprint density at radius 3 is 1.96 bits per heavy atom. The van der Waals surface area contributed by atoms with Crippen LogP contribution in [0.3, 0.4) is 0 Å². The molecule has 0 saturated heterocycles. The summed E-state index contributed by atoms with van der Waals surface area (Å²) in [5.41, 5.74) is 7.38. The molecule has 56 heavy (non-hydrogen) atoms. The van der Waals surface area contributed by atoms with E-state index in [-0.39, 0.29) is 0 Å². The minimum atomic E-state index is 0.599. The second-order valence-corrected chi connectivity index (χ2v) is 15.2. The molecule has 0 radical (unpaired) electrons. The highest BCUT2D eigenvalue weighted by Gasteiger charge is 2.21. The summed E-state index contributed by atoms with van der Waals surface area (Å²) in [6, 6.07) is 58.9. The smallest absolute Gasteiger partial charge is 0.164 e. The third kappa shape index (κ3) is 4.73. The van der Waals surface area contributed by atoms with Gasteiger partial charge in [0.2, 0.25) is 0 Å². The molecule has 0 spiro atoms. The molecule has 8 aromatic carbocycles. The average Bonchev–Trinajstić information content (AvgIpc) is 3.85. The lowest BCUT2D eigenvalue weighted by molar-refractivity contribution is 0.669. The van der Waals surface area contributed by atoms with Gasteiger partial charge in [0.05, 0.1) is 11.2 Å². The Morgan fingerprint density at radius 2 is 1.11 bits per heavy atom. The number of aromatic nitrogens is 4. The molecule has 0 atom stereocenters. The van der Waals surface area contributed by atoms with E-state index in [1.165, 1.54) is 25.6 Å². The molecule has 0 N–H and O–H groups in total. The van der Waals surface area contributed by atoms with Crippen molar-refractivity contribution in [3.05, 3.63) is 170 Å². The second kappa shape index (κ2) is 12.1. The topological polar surface area (TPSA) is 64.7 Å². The monoisotopic (exact) mass is 732 g/mol. The molecular formula is C50H28N4OS. The van der Waals surface area contributed by atoms with Gasteiger partial charge in [-0.2, -0.15) is 0 Å². The van der Waals surface area contributed by atoms with E-state index in [0.717, 1.165) is 76.9 Å². The first-order chi connectivity index (χ1) is 27.7. The normalized spacial score (nSPS) is 11.9. The molecule has 260 valence electrons. The lowest BCUT2D eigenvalue weighted by Gasteiger charge is -2.13. The number of furan rings is 1. The van der Waals surface area contributed by atoms with Gasteiger partial charge in [-0.25, -0.2) is 19.9 Å². The van der Waals surface area contributed by atoms with Crippen molar-refractivity contribution >= 4 is 85.9 Å². The van der Waals surface area contributed by atoms with E-state index in [1.54, 1.807) is 0 Å². The fourth-order valence-electron chi connectivity index (χ4n) is 8.35. The Morgan fingerprint density at radius 1 is 0.393 bits per heavy atom. The molecule has 5 nitrogen and oxygen atoms in total. The van der Waals surface area contributed by atoms with Gasteiger partial charge in [-0.05, 0) is 53.2 Å². The standard InChI is InChI=1S/C50H28N4OS/c1-3-13-30(14-4-1)46-35-25-27-41-45(34-18-9-10-20-40(34)55-41)44(35)38-28-32(23-26-39(38)51-46)49-52-48(31-15-5-2-6-16-31)53-50(54-49)37-19-11-21-42-43(37)36-24-22-29-12-7-8-17-33(29)47(36)56-42/h1-28H. The minimum Gasteiger partial charge on any atom is -0.456 e. The van der Waals surface area contributed by atoms with E-state index in [4.69, 9.17) is 24.4 Å². The van der Waals surface area contributed by atoms with E-state index in [0.29, 0.717) is 17.5 Å². The molecule has 0 aliphatic rings. The first kappa shape index (κ1) is 31.1. The number of nitrogens with zero attached hydrogens (tertiary/aromatic N) is 4. The van der Waals surface area contributed by atoms with Crippen molar-refractivity contribution in [3.63, 3.8) is 0 Å². The van der Waals surface area contributed by atoms with E-state index in [9.17, 15) is 0 Å². The Kier molecular flexibility index (Phi) is 6.73. The maximum absolute atomic E-state index is 6.43. The first-order valence-electron chi connectivity index (χ1n) is 18.6. The predicted octanol–water partition coefficient (Wildman–Crippen LogP) is 13.7. The fourth-order valence-corrected chi connectivity index (χ4v) is 9.61. The van der Waals surface area contributed by atoms with Crippen LogP contribution in [0.1, 0.15) is 0 Å². The summed E-state index contributed by atoms with van der Waals surface area (Å²) < 4.78 is 8.90. The summed E-state index contributed by atoms with van der Waals surface area (Å²) in [5, 5.41) is 10.2. The number of pyridine rings is 1. The van der Waals surface area contributed by atoms with Crippen LogP contribution in [-0.2, 0) is 0 Å². The van der Waals surface area contributed by atoms with Gasteiger partial charge < -0.3 is 4.42 Å². The largest absolute Gasteiger partial charge is 0.456 e. The van der Waals surface area contributed by atoms with Crippen LogP contribution < -0.4 is 0 Å². The minimum absolute atomic E-state index is 0.599. The Labute approximate surface area is 324 Å². The molecule has 4 aromatic heterocycles. The summed E-state index contributed by atoms with van der Waals surface area (Å²) >= 11 is 1.82. The number of thiophene rings is 1. The van der Waals surface area contributed by atoms with Gasteiger partial charge in [0.15, 0.2) is 17.5 Å². The van der Waals surface area contributed by atoms with Crippen molar-refractivity contribution in [1.82, 2.24) is 19.9 Å². The summed E-state index contributed by atoms with van der Waals surface area (Å²) in [7, 11) is 0. The second-order valence-electron chi connectivity index (χ2n) is 14.1. The highest BCUT2D eigenvalue weighted by atomic mass is 32.1. The van der Waals surface area contributed by atoms with Crippen molar-refractivity contribution in [2.45, 2.75) is 0 Å². The molecular weight excluding hydrogens is 705 g/mol. The van der Waals surface area contributed by atoms with E-state index < -0.39 is 0 Å². The van der Waals surface area contributed by atoms with Gasteiger partial charge >= 0.3 is 0 Å². The lowest BCUT2D eigenvalue weighted by Crippen LogP contribution is -2.00. The van der Waals surface area contributed by atoms with Crippen LogP contribution in [0.15, 0.2) is 174 Å². The number of hydrogen-bond acceptors (Lipinski definition) is 6. The van der Waals surface area contributed by atoms with Crippen molar-refractivity contribution in [1.29, 1.82) is 0 Å². The average molecular weight is 733 g/mol. The van der Waals surface area contributed by atoms with Crippen LogP contribution in [0, 0.1) is 0 Å². The quantitative estimate of drug-likeness (QED) is 0.169. The van der Waals surface area contributed by atoms with E-state index in [1.807, 2.05) is 47.7 Å². The van der Waals surface area contributed by atoms with Gasteiger partial charge in [-0.1, -0.05) is 127 Å². The molecule has 0 aliphatic carbocycles. The zero-order valence-corrected chi connectivity index (χ0v) is 30.6. The molecule has 4 heterocycles. The van der Waals surface area contributed by atoms with Crippen LogP contribution in [0.25, 0.3) is 120 Å². The van der Waals surface area contributed by atoms with Gasteiger partial charge in [-0.15, -0.1) is 11.3 Å². The van der Waals surface area contributed by atoms with E-state index >= 15 is 0 Å². The summed E-state index contributed by atoms with van der Waals surface area (Å²) in [4.78, 5) is 20.9. The molecule has 0 fully saturated rings. The third-order valence-corrected chi connectivity index (χ3v) is 12.1. The molecule has 0 saturated carbocycles. The third-order valence-electron chi connectivity index (χ3n) is 10.9. The van der Waals surface area contributed by atoms with Gasteiger partial charge in [0, 0.05) is 69.4 Å². The van der Waals surface area contributed by atoms with Crippen molar-refractivity contribution in [2.75, 3.05) is 0 Å². The Balaban J connectivity index is 1.14. The number of benzene rings is 8. The summed E-state index contributed by atoms with van der Waals surface area (Å²) in [6.45, 7) is 0. The summed E-state index contributed by atoms with van der Waals surface area (Å²) in [6.07, 6.45) is 0.